The summed E-state index contributed by atoms with van der Waals surface area (Å²) in [5, 5.41) is 0.348. The molecule has 1 aliphatic rings. The minimum absolute atomic E-state index is 0.134. The van der Waals surface area contributed by atoms with Gasteiger partial charge in [-0.15, -0.1) is 0 Å². The third-order valence-electron chi connectivity index (χ3n) is 2.98. The topological polar surface area (TPSA) is 59.5 Å². The summed E-state index contributed by atoms with van der Waals surface area (Å²) in [7, 11) is 1.36. The van der Waals surface area contributed by atoms with Gasteiger partial charge < -0.3 is 9.64 Å². The van der Waals surface area contributed by atoms with Gasteiger partial charge in [0.1, 0.15) is 5.15 Å². The number of esters is 1. The lowest BCUT2D eigenvalue weighted by atomic mass is 10.1. The largest absolute Gasteiger partial charge is 0.469 e. The maximum Gasteiger partial charge on any atom is 0.310 e. The monoisotopic (exact) mass is 268 g/mol. The van der Waals surface area contributed by atoms with E-state index in [1.54, 1.807) is 17.0 Å². The van der Waals surface area contributed by atoms with Crippen LogP contribution in [0.3, 0.4) is 0 Å². The first kappa shape index (κ1) is 12.8. The van der Waals surface area contributed by atoms with Crippen molar-refractivity contribution in [3.63, 3.8) is 0 Å². The number of methoxy groups -OCH3 is 1. The summed E-state index contributed by atoms with van der Waals surface area (Å²) < 4.78 is 4.68. The van der Waals surface area contributed by atoms with Gasteiger partial charge in [0.25, 0.3) is 5.91 Å². The molecule has 0 bridgehead atoms. The van der Waals surface area contributed by atoms with Gasteiger partial charge in [0.2, 0.25) is 0 Å². The Labute approximate surface area is 110 Å². The number of nitrogens with zero attached hydrogens (tertiary/aromatic N) is 2. The zero-order valence-electron chi connectivity index (χ0n) is 9.93. The van der Waals surface area contributed by atoms with Crippen molar-refractivity contribution in [3.05, 3.63) is 29.0 Å². The number of halogens is 1. The third kappa shape index (κ3) is 2.61. The molecule has 0 aromatic carbocycles. The first-order chi connectivity index (χ1) is 8.61. The molecule has 1 fully saturated rings. The quantitative estimate of drug-likeness (QED) is 0.600. The molecule has 0 aliphatic carbocycles. The minimum Gasteiger partial charge on any atom is -0.469 e. The number of carbonyl (C=O) groups is 2. The fourth-order valence-electron chi connectivity index (χ4n) is 1.99. The molecular formula is C12H13ClN2O3. The Kier molecular flexibility index (Phi) is 3.81. The van der Waals surface area contributed by atoms with Gasteiger partial charge in [-0.05, 0) is 18.6 Å². The van der Waals surface area contributed by atoms with Crippen LogP contribution in [0, 0.1) is 5.92 Å². The highest BCUT2D eigenvalue weighted by Crippen LogP contribution is 2.19. The lowest BCUT2D eigenvalue weighted by Crippen LogP contribution is -2.30. The van der Waals surface area contributed by atoms with E-state index < -0.39 is 0 Å². The lowest BCUT2D eigenvalue weighted by Gasteiger charge is -2.15. The molecule has 0 radical (unpaired) electrons. The van der Waals surface area contributed by atoms with Gasteiger partial charge in [-0.3, -0.25) is 9.59 Å². The summed E-state index contributed by atoms with van der Waals surface area (Å²) in [6.07, 6.45) is 2.08. The Balaban J connectivity index is 2.03. The Morgan fingerprint density at radius 2 is 2.28 bits per heavy atom. The summed E-state index contributed by atoms with van der Waals surface area (Å²) in [6.45, 7) is 0.954. The predicted octanol–water partition coefficient (Wildman–Crippen LogP) is 1.37. The van der Waals surface area contributed by atoms with E-state index in [9.17, 15) is 9.59 Å². The van der Waals surface area contributed by atoms with Crippen molar-refractivity contribution in [3.8, 4) is 0 Å². The number of ether oxygens (including phenoxy) is 1. The molecule has 1 amide bonds. The van der Waals surface area contributed by atoms with Gasteiger partial charge >= 0.3 is 5.97 Å². The lowest BCUT2D eigenvalue weighted by molar-refractivity contribution is -0.144. The second kappa shape index (κ2) is 5.35. The van der Waals surface area contributed by atoms with Crippen molar-refractivity contribution in [1.29, 1.82) is 0 Å². The van der Waals surface area contributed by atoms with Crippen molar-refractivity contribution >= 4 is 23.5 Å². The van der Waals surface area contributed by atoms with Gasteiger partial charge in [-0.2, -0.15) is 0 Å². The molecule has 1 aromatic rings. The van der Waals surface area contributed by atoms with E-state index in [0.29, 0.717) is 30.2 Å². The molecule has 6 heteroatoms. The SMILES string of the molecule is COC(=O)C1CCN(C(=O)c2ccc(Cl)nc2)C1. The van der Waals surface area contributed by atoms with Gasteiger partial charge in [-0.1, -0.05) is 11.6 Å². The summed E-state index contributed by atoms with van der Waals surface area (Å²) in [6, 6.07) is 3.20. The first-order valence-corrected chi connectivity index (χ1v) is 5.98. The number of carbonyl (C=O) groups excluding carboxylic acids is 2. The van der Waals surface area contributed by atoms with Gasteiger partial charge in [0.05, 0.1) is 18.6 Å². The maximum atomic E-state index is 12.1. The van der Waals surface area contributed by atoms with Crippen molar-refractivity contribution in [2.75, 3.05) is 20.2 Å². The molecule has 1 unspecified atom stereocenters. The van der Waals surface area contributed by atoms with Crippen LogP contribution in [0.15, 0.2) is 18.3 Å². The van der Waals surface area contributed by atoms with E-state index in [0.717, 1.165) is 0 Å². The molecule has 1 atom stereocenters. The van der Waals surface area contributed by atoms with Crippen LogP contribution in [0.4, 0.5) is 0 Å². The maximum absolute atomic E-state index is 12.1. The molecular weight excluding hydrogens is 256 g/mol. The molecule has 18 heavy (non-hydrogen) atoms. The zero-order valence-corrected chi connectivity index (χ0v) is 10.7. The second-order valence-corrected chi connectivity index (χ2v) is 4.52. The molecule has 1 aliphatic heterocycles. The van der Waals surface area contributed by atoms with Crippen molar-refractivity contribution in [1.82, 2.24) is 9.88 Å². The fraction of sp³-hybridized carbons (Fsp3) is 0.417. The Morgan fingerprint density at radius 1 is 1.50 bits per heavy atom. The van der Waals surface area contributed by atoms with E-state index in [2.05, 4.69) is 9.72 Å². The summed E-state index contributed by atoms with van der Waals surface area (Å²) in [5.41, 5.74) is 0.477. The van der Waals surface area contributed by atoms with Crippen LogP contribution < -0.4 is 0 Å². The van der Waals surface area contributed by atoms with Crippen LogP contribution in [0.2, 0.25) is 5.15 Å². The third-order valence-corrected chi connectivity index (χ3v) is 3.21. The fourth-order valence-corrected chi connectivity index (χ4v) is 2.10. The molecule has 0 saturated carbocycles. The highest BCUT2D eigenvalue weighted by molar-refractivity contribution is 6.29. The van der Waals surface area contributed by atoms with E-state index in [-0.39, 0.29) is 17.8 Å². The number of aromatic nitrogens is 1. The molecule has 2 rings (SSSR count). The van der Waals surface area contributed by atoms with E-state index in [1.165, 1.54) is 13.3 Å². The smallest absolute Gasteiger partial charge is 0.310 e. The van der Waals surface area contributed by atoms with Crippen LogP contribution in [-0.2, 0) is 9.53 Å². The molecule has 5 nitrogen and oxygen atoms in total. The van der Waals surface area contributed by atoms with Crippen LogP contribution in [-0.4, -0.2) is 42.0 Å². The number of hydrogen-bond acceptors (Lipinski definition) is 4. The zero-order chi connectivity index (χ0) is 13.1. The Morgan fingerprint density at radius 3 is 2.89 bits per heavy atom. The summed E-state index contributed by atoms with van der Waals surface area (Å²) in [4.78, 5) is 29.0. The minimum atomic E-state index is -0.264. The number of likely N-dealkylation sites (tertiary alicyclic amines) is 1. The van der Waals surface area contributed by atoms with Crippen LogP contribution in [0.25, 0.3) is 0 Å². The Hall–Kier alpha value is -1.62. The Bertz CT molecular complexity index is 461. The molecule has 0 N–H and O–H groups in total. The van der Waals surface area contributed by atoms with E-state index in [1.807, 2.05) is 0 Å². The molecule has 1 saturated heterocycles. The van der Waals surface area contributed by atoms with Crippen LogP contribution in [0.5, 0.6) is 0 Å². The summed E-state index contributed by atoms with van der Waals surface area (Å²) >= 11 is 5.66. The predicted molar refractivity (Wildman–Crippen MR) is 65.3 cm³/mol. The van der Waals surface area contributed by atoms with E-state index in [4.69, 9.17) is 11.6 Å². The van der Waals surface area contributed by atoms with E-state index >= 15 is 0 Å². The molecule has 0 spiro atoms. The number of hydrogen-bond donors (Lipinski definition) is 0. The highest BCUT2D eigenvalue weighted by atomic mass is 35.5. The molecule has 96 valence electrons. The number of amides is 1. The molecule has 2 heterocycles. The van der Waals surface area contributed by atoms with Crippen LogP contribution >= 0.6 is 11.6 Å². The molecule has 1 aromatic heterocycles. The summed E-state index contributed by atoms with van der Waals surface area (Å²) in [5.74, 6) is -0.621. The average Bonchev–Trinajstić information content (AvgIpc) is 2.87. The van der Waals surface area contributed by atoms with Crippen molar-refractivity contribution in [2.45, 2.75) is 6.42 Å². The van der Waals surface area contributed by atoms with Gasteiger partial charge in [-0.25, -0.2) is 4.98 Å². The first-order valence-electron chi connectivity index (χ1n) is 5.60. The normalized spacial score (nSPS) is 18.8. The van der Waals surface area contributed by atoms with Gasteiger partial charge in [0, 0.05) is 19.3 Å². The highest BCUT2D eigenvalue weighted by Gasteiger charge is 2.32. The van der Waals surface area contributed by atoms with Crippen molar-refractivity contribution < 1.29 is 14.3 Å². The second-order valence-electron chi connectivity index (χ2n) is 4.13. The number of rotatable bonds is 2. The van der Waals surface area contributed by atoms with Crippen molar-refractivity contribution in [2.24, 2.45) is 5.92 Å². The standard InChI is InChI=1S/C12H13ClN2O3/c1-18-12(17)9-4-5-15(7-9)11(16)8-2-3-10(13)14-6-8/h2-3,6,9H,4-5,7H2,1H3. The van der Waals surface area contributed by atoms with Gasteiger partial charge in [0.15, 0.2) is 0 Å². The number of pyridine rings is 1. The van der Waals surface area contributed by atoms with Crippen LogP contribution in [0.1, 0.15) is 16.8 Å². The average molecular weight is 269 g/mol.